The predicted molar refractivity (Wildman–Crippen MR) is 62.7 cm³/mol. The van der Waals surface area contributed by atoms with E-state index in [9.17, 15) is 0 Å². The largest absolute Gasteiger partial charge is 0.383 e. The molecule has 1 aromatic heterocycles. The van der Waals surface area contributed by atoms with Gasteiger partial charge in [0.15, 0.2) is 0 Å². The molecule has 0 radical (unpaired) electrons. The van der Waals surface area contributed by atoms with Crippen molar-refractivity contribution >= 4 is 5.82 Å². The van der Waals surface area contributed by atoms with Crippen molar-refractivity contribution in [2.24, 2.45) is 5.92 Å². The number of rotatable bonds is 5. The molecule has 0 unspecified atom stereocenters. The topological polar surface area (TPSA) is 48.1 Å². The van der Waals surface area contributed by atoms with E-state index >= 15 is 0 Å². The minimum absolute atomic E-state index is 0.581. The van der Waals surface area contributed by atoms with Crippen LogP contribution in [0, 0.1) is 12.8 Å². The number of hydrogen-bond donors (Lipinski definition) is 1. The molecule has 0 fully saturated rings. The zero-order valence-electron chi connectivity index (χ0n) is 9.79. The highest BCUT2D eigenvalue weighted by Crippen LogP contribution is 2.13. The first kappa shape index (κ1) is 12.0. The van der Waals surface area contributed by atoms with Crippen molar-refractivity contribution in [2.75, 3.05) is 18.9 Å². The first-order valence-electron chi connectivity index (χ1n) is 5.39. The molecule has 2 N–H and O–H groups in total. The summed E-state index contributed by atoms with van der Waals surface area (Å²) in [7, 11) is 0. The van der Waals surface area contributed by atoms with Crippen LogP contribution in [0.4, 0.5) is 5.82 Å². The number of aromatic nitrogens is 1. The van der Waals surface area contributed by atoms with Crippen LogP contribution >= 0.6 is 0 Å². The molecule has 84 valence electrons. The fourth-order valence-electron chi connectivity index (χ4n) is 1.43. The lowest BCUT2D eigenvalue weighted by molar-refractivity contribution is 0.112. The van der Waals surface area contributed by atoms with E-state index in [1.165, 1.54) is 5.56 Å². The van der Waals surface area contributed by atoms with E-state index in [0.717, 1.165) is 25.2 Å². The lowest BCUT2D eigenvalue weighted by Gasteiger charge is -2.10. The highest BCUT2D eigenvalue weighted by Gasteiger charge is 2.03. The summed E-state index contributed by atoms with van der Waals surface area (Å²) < 4.78 is 5.53. The fraction of sp³-hybridized carbons (Fsp3) is 0.583. The van der Waals surface area contributed by atoms with E-state index in [4.69, 9.17) is 10.5 Å². The molecule has 0 bridgehead atoms. The van der Waals surface area contributed by atoms with Gasteiger partial charge in [0, 0.05) is 12.8 Å². The molecule has 0 aromatic carbocycles. The molecule has 1 aromatic rings. The molecule has 0 spiro atoms. The maximum Gasteiger partial charge on any atom is 0.126 e. The normalized spacial score (nSPS) is 10.9. The molecule has 0 aliphatic heterocycles. The smallest absolute Gasteiger partial charge is 0.126 e. The van der Waals surface area contributed by atoms with Crippen molar-refractivity contribution in [3.63, 3.8) is 0 Å². The summed E-state index contributed by atoms with van der Waals surface area (Å²) in [5, 5.41) is 0. The number of nitrogen functional groups attached to an aromatic ring is 1. The zero-order chi connectivity index (χ0) is 11.3. The fourth-order valence-corrected chi connectivity index (χ4v) is 1.43. The van der Waals surface area contributed by atoms with Gasteiger partial charge < -0.3 is 10.5 Å². The number of hydrogen-bond acceptors (Lipinski definition) is 3. The van der Waals surface area contributed by atoms with Gasteiger partial charge in [-0.05, 0) is 36.5 Å². The standard InChI is InChI=1S/C12H20N2O/c1-9(2)8-15-7-5-11-10(3)4-6-14-12(11)13/h4,6,9H,5,7-8H2,1-3H3,(H2,13,14). The SMILES string of the molecule is Cc1ccnc(N)c1CCOCC(C)C. The molecule has 15 heavy (non-hydrogen) atoms. The highest BCUT2D eigenvalue weighted by atomic mass is 16.5. The Morgan fingerprint density at radius 2 is 2.20 bits per heavy atom. The van der Waals surface area contributed by atoms with Gasteiger partial charge in [0.25, 0.3) is 0 Å². The third kappa shape index (κ3) is 3.88. The molecular formula is C12H20N2O. The number of aryl methyl sites for hydroxylation is 1. The summed E-state index contributed by atoms with van der Waals surface area (Å²) in [6.07, 6.45) is 2.58. The summed E-state index contributed by atoms with van der Waals surface area (Å²) in [4.78, 5) is 4.08. The summed E-state index contributed by atoms with van der Waals surface area (Å²) >= 11 is 0. The monoisotopic (exact) mass is 208 g/mol. The molecule has 0 saturated carbocycles. The Hall–Kier alpha value is -1.09. The second-order valence-corrected chi connectivity index (χ2v) is 4.21. The van der Waals surface area contributed by atoms with Crippen molar-refractivity contribution < 1.29 is 4.74 Å². The highest BCUT2D eigenvalue weighted by molar-refractivity contribution is 5.43. The quantitative estimate of drug-likeness (QED) is 0.754. The van der Waals surface area contributed by atoms with E-state index in [0.29, 0.717) is 11.7 Å². The molecule has 3 heteroatoms. The number of nitrogens with two attached hydrogens (primary N) is 1. The Balaban J connectivity index is 2.43. The van der Waals surface area contributed by atoms with E-state index in [1.807, 2.05) is 6.07 Å². The van der Waals surface area contributed by atoms with Gasteiger partial charge in [0.2, 0.25) is 0 Å². The van der Waals surface area contributed by atoms with Crippen LogP contribution in [0.25, 0.3) is 0 Å². The van der Waals surface area contributed by atoms with Crippen molar-refractivity contribution in [1.29, 1.82) is 0 Å². The second kappa shape index (κ2) is 5.71. The molecule has 3 nitrogen and oxygen atoms in total. The van der Waals surface area contributed by atoms with Crippen LogP contribution < -0.4 is 5.73 Å². The van der Waals surface area contributed by atoms with E-state index in [2.05, 4.69) is 25.8 Å². The molecule has 1 heterocycles. The third-order valence-electron chi connectivity index (χ3n) is 2.27. The van der Waals surface area contributed by atoms with Crippen LogP contribution in [0.3, 0.4) is 0 Å². The summed E-state index contributed by atoms with van der Waals surface area (Å²) in [6.45, 7) is 7.86. The van der Waals surface area contributed by atoms with Gasteiger partial charge in [-0.25, -0.2) is 4.98 Å². The summed E-state index contributed by atoms with van der Waals surface area (Å²) in [5.41, 5.74) is 8.10. The molecule has 0 atom stereocenters. The van der Waals surface area contributed by atoms with Crippen molar-refractivity contribution in [2.45, 2.75) is 27.2 Å². The van der Waals surface area contributed by atoms with Gasteiger partial charge in [0.05, 0.1) is 6.61 Å². The van der Waals surface area contributed by atoms with Gasteiger partial charge >= 0.3 is 0 Å². The number of nitrogens with zero attached hydrogens (tertiary/aromatic N) is 1. The Bertz CT molecular complexity index is 290. The Labute approximate surface area is 91.7 Å². The van der Waals surface area contributed by atoms with Crippen LogP contribution in [0.5, 0.6) is 0 Å². The van der Waals surface area contributed by atoms with Crippen LogP contribution in [0.1, 0.15) is 25.0 Å². The number of ether oxygens (including phenoxy) is 1. The van der Waals surface area contributed by atoms with Gasteiger partial charge in [-0.3, -0.25) is 0 Å². The summed E-state index contributed by atoms with van der Waals surface area (Å²) in [5.74, 6) is 1.21. The molecule has 0 aliphatic carbocycles. The molecule has 1 rings (SSSR count). The average Bonchev–Trinajstić information content (AvgIpc) is 2.15. The maximum atomic E-state index is 5.80. The van der Waals surface area contributed by atoms with Crippen LogP contribution in [0.2, 0.25) is 0 Å². The number of pyridine rings is 1. The summed E-state index contributed by atoms with van der Waals surface area (Å²) in [6, 6.07) is 1.98. The van der Waals surface area contributed by atoms with Gasteiger partial charge in [-0.2, -0.15) is 0 Å². The molecule has 0 aliphatic rings. The lowest BCUT2D eigenvalue weighted by Crippen LogP contribution is -2.08. The number of anilines is 1. The van der Waals surface area contributed by atoms with Crippen molar-refractivity contribution in [3.8, 4) is 0 Å². The first-order valence-corrected chi connectivity index (χ1v) is 5.39. The van der Waals surface area contributed by atoms with Crippen molar-refractivity contribution in [3.05, 3.63) is 23.4 Å². The van der Waals surface area contributed by atoms with E-state index in [1.54, 1.807) is 6.20 Å². The maximum absolute atomic E-state index is 5.80. The molecule has 0 saturated heterocycles. The minimum atomic E-state index is 0.581. The van der Waals surface area contributed by atoms with Crippen LogP contribution in [-0.4, -0.2) is 18.2 Å². The van der Waals surface area contributed by atoms with Gasteiger partial charge in [-0.15, -0.1) is 0 Å². The van der Waals surface area contributed by atoms with Gasteiger partial charge in [-0.1, -0.05) is 13.8 Å². The van der Waals surface area contributed by atoms with E-state index < -0.39 is 0 Å². The first-order chi connectivity index (χ1) is 7.11. The lowest BCUT2D eigenvalue weighted by atomic mass is 10.1. The second-order valence-electron chi connectivity index (χ2n) is 4.21. The minimum Gasteiger partial charge on any atom is -0.383 e. The molecular weight excluding hydrogens is 188 g/mol. The Kier molecular flexibility index (Phi) is 4.56. The van der Waals surface area contributed by atoms with Crippen molar-refractivity contribution in [1.82, 2.24) is 4.98 Å². The predicted octanol–water partition coefficient (Wildman–Crippen LogP) is 2.19. The third-order valence-corrected chi connectivity index (χ3v) is 2.27. The Morgan fingerprint density at radius 3 is 2.80 bits per heavy atom. The van der Waals surface area contributed by atoms with Crippen LogP contribution in [-0.2, 0) is 11.2 Å². The average molecular weight is 208 g/mol. The van der Waals surface area contributed by atoms with Crippen LogP contribution in [0.15, 0.2) is 12.3 Å². The van der Waals surface area contributed by atoms with Gasteiger partial charge in [0.1, 0.15) is 5.82 Å². The Morgan fingerprint density at radius 1 is 1.47 bits per heavy atom. The molecule has 0 amide bonds. The zero-order valence-corrected chi connectivity index (χ0v) is 9.79. The van der Waals surface area contributed by atoms with E-state index in [-0.39, 0.29) is 0 Å².